The maximum absolute atomic E-state index is 11.3. The molecule has 0 spiro atoms. The smallest absolute Gasteiger partial charge is 0.148 e. The van der Waals surface area contributed by atoms with Gasteiger partial charge in [0.1, 0.15) is 9.84 Å². The zero-order valence-corrected chi connectivity index (χ0v) is 13.5. The molecule has 0 saturated carbocycles. The van der Waals surface area contributed by atoms with Crippen molar-refractivity contribution in [3.63, 3.8) is 0 Å². The summed E-state index contributed by atoms with van der Waals surface area (Å²) in [5.74, 6) is 0.497. The lowest BCUT2D eigenvalue weighted by Crippen LogP contribution is -2.37. The van der Waals surface area contributed by atoms with Gasteiger partial charge >= 0.3 is 0 Å². The van der Waals surface area contributed by atoms with Crippen LogP contribution in [-0.2, 0) is 9.84 Å². The minimum atomic E-state index is -2.94. The highest BCUT2D eigenvalue weighted by molar-refractivity contribution is 7.90. The van der Waals surface area contributed by atoms with Crippen LogP contribution in [0.3, 0.4) is 0 Å². The van der Waals surface area contributed by atoms with Gasteiger partial charge in [-0.25, -0.2) is 8.42 Å². The minimum absolute atomic E-state index is 0.0108. The molecule has 5 heteroatoms. The Bertz CT molecular complexity index is 516. The fraction of sp³-hybridized carbons (Fsp3) is 0.571. The van der Waals surface area contributed by atoms with Gasteiger partial charge in [-0.1, -0.05) is 30.7 Å². The molecule has 1 rings (SSSR count). The predicted molar refractivity (Wildman–Crippen MR) is 81.7 cm³/mol. The second-order valence-electron chi connectivity index (χ2n) is 5.34. The number of rotatable bonds is 6. The topological polar surface area (TPSA) is 37.4 Å². The highest BCUT2D eigenvalue weighted by Gasteiger charge is 2.17. The average Bonchev–Trinajstić information content (AvgIpc) is 2.26. The summed E-state index contributed by atoms with van der Waals surface area (Å²) in [6.45, 7) is 4.86. The van der Waals surface area contributed by atoms with Gasteiger partial charge < -0.3 is 4.90 Å². The highest BCUT2D eigenvalue weighted by atomic mass is 35.5. The molecule has 0 amide bonds. The quantitative estimate of drug-likeness (QED) is 0.811. The van der Waals surface area contributed by atoms with Gasteiger partial charge in [-0.2, -0.15) is 0 Å². The maximum atomic E-state index is 11.3. The van der Waals surface area contributed by atoms with E-state index in [-0.39, 0.29) is 11.8 Å². The Kier molecular flexibility index (Phi) is 5.83. The molecule has 0 saturated heterocycles. The van der Waals surface area contributed by atoms with E-state index in [0.717, 1.165) is 11.6 Å². The van der Waals surface area contributed by atoms with Gasteiger partial charge in [0.15, 0.2) is 0 Å². The Morgan fingerprint density at radius 3 is 2.47 bits per heavy atom. The van der Waals surface area contributed by atoms with E-state index in [2.05, 4.69) is 11.8 Å². The van der Waals surface area contributed by atoms with Crippen molar-refractivity contribution in [2.75, 3.05) is 25.6 Å². The number of halogens is 1. The molecule has 19 heavy (non-hydrogen) atoms. The number of likely N-dealkylation sites (N-methyl/N-ethyl adjacent to an activating group) is 1. The zero-order chi connectivity index (χ0) is 14.6. The lowest BCUT2D eigenvalue weighted by Gasteiger charge is -2.27. The molecule has 2 atom stereocenters. The molecule has 108 valence electrons. The molecular formula is C14H22ClNO2S. The van der Waals surface area contributed by atoms with Gasteiger partial charge in [-0.05, 0) is 37.6 Å². The minimum Gasteiger partial charge on any atom is -0.302 e. The maximum Gasteiger partial charge on any atom is 0.148 e. The molecule has 0 bridgehead atoms. The van der Waals surface area contributed by atoms with Crippen molar-refractivity contribution in [2.24, 2.45) is 0 Å². The van der Waals surface area contributed by atoms with Crippen LogP contribution in [0.4, 0.5) is 0 Å². The van der Waals surface area contributed by atoms with Crippen LogP contribution in [-0.4, -0.2) is 45.0 Å². The first-order chi connectivity index (χ1) is 8.69. The predicted octanol–water partition coefficient (Wildman–Crippen LogP) is 2.81. The van der Waals surface area contributed by atoms with E-state index in [4.69, 9.17) is 11.6 Å². The van der Waals surface area contributed by atoms with E-state index < -0.39 is 9.84 Å². The van der Waals surface area contributed by atoms with Gasteiger partial charge in [0.25, 0.3) is 0 Å². The molecule has 0 aliphatic rings. The largest absolute Gasteiger partial charge is 0.302 e. The molecule has 0 aliphatic carbocycles. The standard InChI is InChI=1S/C14H22ClNO2S/c1-11(13-6-5-7-14(15)8-13)9-16(3)12(2)10-19(4,17)18/h5-8,11-12H,9-10H2,1-4H3. The molecule has 2 unspecified atom stereocenters. The molecular weight excluding hydrogens is 282 g/mol. The van der Waals surface area contributed by atoms with Crippen LogP contribution in [0.15, 0.2) is 24.3 Å². The van der Waals surface area contributed by atoms with E-state index in [1.165, 1.54) is 11.8 Å². The summed E-state index contributed by atoms with van der Waals surface area (Å²) in [7, 11) is -0.983. The summed E-state index contributed by atoms with van der Waals surface area (Å²) < 4.78 is 22.6. The molecule has 0 aromatic heterocycles. The lowest BCUT2D eigenvalue weighted by molar-refractivity contribution is 0.262. The third-order valence-electron chi connectivity index (χ3n) is 3.28. The monoisotopic (exact) mass is 303 g/mol. The van der Waals surface area contributed by atoms with Crippen molar-refractivity contribution in [1.82, 2.24) is 4.90 Å². The fourth-order valence-electron chi connectivity index (χ4n) is 2.10. The summed E-state index contributed by atoms with van der Waals surface area (Å²) in [5.41, 5.74) is 1.17. The SMILES string of the molecule is CC(CN(C)C(C)CS(C)(=O)=O)c1cccc(Cl)c1. The van der Waals surface area contributed by atoms with E-state index >= 15 is 0 Å². The van der Waals surface area contributed by atoms with Crippen LogP contribution in [0.2, 0.25) is 5.02 Å². The molecule has 3 nitrogen and oxygen atoms in total. The Balaban J connectivity index is 2.63. The number of hydrogen-bond acceptors (Lipinski definition) is 3. The van der Waals surface area contributed by atoms with E-state index in [9.17, 15) is 8.42 Å². The van der Waals surface area contributed by atoms with E-state index in [0.29, 0.717) is 5.92 Å². The number of hydrogen-bond donors (Lipinski definition) is 0. The number of benzene rings is 1. The Morgan fingerprint density at radius 2 is 1.95 bits per heavy atom. The summed E-state index contributed by atoms with van der Waals surface area (Å²) in [6.07, 6.45) is 1.28. The second-order valence-corrected chi connectivity index (χ2v) is 7.96. The third kappa shape index (κ3) is 5.93. The fourth-order valence-corrected chi connectivity index (χ4v) is 3.43. The van der Waals surface area contributed by atoms with Gasteiger partial charge in [0.05, 0.1) is 5.75 Å². The van der Waals surface area contributed by atoms with Crippen LogP contribution in [0.25, 0.3) is 0 Å². The third-order valence-corrected chi connectivity index (χ3v) is 4.60. The van der Waals surface area contributed by atoms with Crippen LogP contribution >= 0.6 is 11.6 Å². The van der Waals surface area contributed by atoms with Crippen molar-refractivity contribution >= 4 is 21.4 Å². The second kappa shape index (κ2) is 6.73. The first-order valence-electron chi connectivity index (χ1n) is 6.32. The van der Waals surface area contributed by atoms with Gasteiger partial charge in [-0.15, -0.1) is 0 Å². The number of sulfone groups is 1. The van der Waals surface area contributed by atoms with Crippen LogP contribution in [0, 0.1) is 0 Å². The van der Waals surface area contributed by atoms with Crippen molar-refractivity contribution in [1.29, 1.82) is 0 Å². The molecule has 0 aliphatic heterocycles. The van der Waals surface area contributed by atoms with Crippen LogP contribution < -0.4 is 0 Å². The Morgan fingerprint density at radius 1 is 1.32 bits per heavy atom. The lowest BCUT2D eigenvalue weighted by atomic mass is 10.0. The van der Waals surface area contributed by atoms with Crippen molar-refractivity contribution in [3.05, 3.63) is 34.9 Å². The van der Waals surface area contributed by atoms with Crippen LogP contribution in [0.1, 0.15) is 25.3 Å². The summed E-state index contributed by atoms with van der Waals surface area (Å²) in [4.78, 5) is 2.08. The first kappa shape index (κ1) is 16.5. The van der Waals surface area contributed by atoms with Crippen LogP contribution in [0.5, 0.6) is 0 Å². The van der Waals surface area contributed by atoms with Crippen molar-refractivity contribution < 1.29 is 8.42 Å². The number of nitrogens with zero attached hydrogens (tertiary/aromatic N) is 1. The van der Waals surface area contributed by atoms with E-state index in [1.54, 1.807) is 0 Å². The molecule has 1 aromatic carbocycles. The zero-order valence-electron chi connectivity index (χ0n) is 11.9. The molecule has 0 heterocycles. The van der Waals surface area contributed by atoms with Gasteiger partial charge in [0, 0.05) is 23.9 Å². The Labute approximate surface area is 121 Å². The molecule has 1 aromatic rings. The normalized spacial score (nSPS) is 15.5. The van der Waals surface area contributed by atoms with Crippen molar-refractivity contribution in [2.45, 2.75) is 25.8 Å². The summed E-state index contributed by atoms with van der Waals surface area (Å²) in [6, 6.07) is 7.81. The highest BCUT2D eigenvalue weighted by Crippen LogP contribution is 2.20. The molecule has 0 fully saturated rings. The van der Waals surface area contributed by atoms with Crippen molar-refractivity contribution in [3.8, 4) is 0 Å². The summed E-state index contributed by atoms with van der Waals surface area (Å²) >= 11 is 5.98. The van der Waals surface area contributed by atoms with Gasteiger partial charge in [0.2, 0.25) is 0 Å². The summed E-state index contributed by atoms with van der Waals surface area (Å²) in [5, 5.41) is 0.733. The molecule has 0 radical (unpaired) electrons. The average molecular weight is 304 g/mol. The Hall–Kier alpha value is -0.580. The molecule has 0 N–H and O–H groups in total. The van der Waals surface area contributed by atoms with Gasteiger partial charge in [-0.3, -0.25) is 0 Å². The van der Waals surface area contributed by atoms with E-state index in [1.807, 2.05) is 38.2 Å². The first-order valence-corrected chi connectivity index (χ1v) is 8.76.